The largest absolute Gasteiger partial charge is 0.465 e. The van der Waals surface area contributed by atoms with Crippen molar-refractivity contribution in [1.82, 2.24) is 0 Å². The van der Waals surface area contributed by atoms with Gasteiger partial charge in [0, 0.05) is 0 Å². The predicted molar refractivity (Wildman–Crippen MR) is 55.8 cm³/mol. The van der Waals surface area contributed by atoms with Crippen molar-refractivity contribution in [2.45, 2.75) is 11.5 Å². The summed E-state index contributed by atoms with van der Waals surface area (Å²) in [6, 6.07) is 3.20. The maximum absolute atomic E-state index is 12.1. The summed E-state index contributed by atoms with van der Waals surface area (Å²) in [5, 5.41) is 4.87. The Morgan fingerprint density at radius 1 is 1.39 bits per heavy atom. The molecule has 0 heterocycles. The van der Waals surface area contributed by atoms with E-state index in [0.717, 1.165) is 19.2 Å². The molecule has 0 amide bonds. The number of primary sulfonamides is 1. The molecule has 6 nitrogen and oxygen atoms in total. The molecule has 0 aliphatic carbocycles. The molecule has 0 aromatic heterocycles. The van der Waals surface area contributed by atoms with Crippen molar-refractivity contribution >= 4 is 16.0 Å². The van der Waals surface area contributed by atoms with E-state index >= 15 is 0 Å². The summed E-state index contributed by atoms with van der Waals surface area (Å²) in [4.78, 5) is 10.5. The molecule has 9 heteroatoms. The Bertz CT molecular complexity index is 558. The molecule has 1 aromatic rings. The van der Waals surface area contributed by atoms with Gasteiger partial charge in [-0.3, -0.25) is 0 Å². The zero-order chi connectivity index (χ0) is 13.9. The minimum absolute atomic E-state index is 0.474. The number of carbonyl (C=O) groups excluding carboxylic acids is 1. The lowest BCUT2D eigenvalue weighted by atomic mass is 10.2. The molecule has 0 aliphatic heterocycles. The van der Waals surface area contributed by atoms with Gasteiger partial charge in [0.25, 0.3) is 0 Å². The monoisotopic (exact) mass is 281 g/mol. The number of hydrogen-bond acceptors (Lipinski definition) is 5. The average molecular weight is 281 g/mol. The third-order valence-electron chi connectivity index (χ3n) is 1.88. The van der Waals surface area contributed by atoms with E-state index in [0.29, 0.717) is 0 Å². The molecule has 0 saturated carbocycles. The normalized spacial score (nSPS) is 11.4. The zero-order valence-corrected chi connectivity index (χ0v) is 9.91. The highest BCUT2D eigenvalue weighted by molar-refractivity contribution is 7.89. The van der Waals surface area contributed by atoms with Crippen LogP contribution in [0.3, 0.4) is 0 Å². The van der Waals surface area contributed by atoms with E-state index in [1.54, 1.807) is 0 Å². The number of carbonyl (C=O) groups is 1. The number of alkyl halides is 2. The van der Waals surface area contributed by atoms with Gasteiger partial charge in [-0.25, -0.2) is 18.4 Å². The van der Waals surface area contributed by atoms with Gasteiger partial charge < -0.3 is 9.47 Å². The fraction of sp³-hybridized carbons (Fsp3) is 0.222. The minimum Gasteiger partial charge on any atom is -0.465 e. The minimum atomic E-state index is -4.42. The van der Waals surface area contributed by atoms with Gasteiger partial charge in [0.1, 0.15) is 10.6 Å². The molecule has 18 heavy (non-hydrogen) atoms. The Balaban J connectivity index is 3.50. The van der Waals surface area contributed by atoms with Gasteiger partial charge in [-0.05, 0) is 12.1 Å². The number of methoxy groups -OCH3 is 1. The first-order valence-corrected chi connectivity index (χ1v) is 6.01. The molecule has 1 rings (SSSR count). The van der Waals surface area contributed by atoms with Crippen LogP contribution in [0.15, 0.2) is 23.1 Å². The van der Waals surface area contributed by atoms with E-state index in [-0.39, 0.29) is 0 Å². The second-order valence-corrected chi connectivity index (χ2v) is 4.55. The number of nitrogens with two attached hydrogens (primary N) is 1. The molecule has 0 aliphatic rings. The fourth-order valence-electron chi connectivity index (χ4n) is 1.27. The van der Waals surface area contributed by atoms with Gasteiger partial charge in [-0.2, -0.15) is 8.78 Å². The van der Waals surface area contributed by atoms with Crippen LogP contribution in [-0.2, 0) is 14.8 Å². The van der Waals surface area contributed by atoms with Gasteiger partial charge >= 0.3 is 12.6 Å². The summed E-state index contributed by atoms with van der Waals surface area (Å²) in [6.45, 7) is -3.25. The van der Waals surface area contributed by atoms with E-state index in [1.165, 1.54) is 6.07 Å². The molecule has 0 radical (unpaired) electrons. The van der Waals surface area contributed by atoms with Crippen LogP contribution in [0.5, 0.6) is 5.75 Å². The molecule has 0 bridgehead atoms. The first-order chi connectivity index (χ1) is 8.27. The van der Waals surface area contributed by atoms with Gasteiger partial charge in [0.15, 0.2) is 0 Å². The third-order valence-corrected chi connectivity index (χ3v) is 2.87. The highest BCUT2D eigenvalue weighted by Gasteiger charge is 2.26. The van der Waals surface area contributed by atoms with E-state index in [1.807, 2.05) is 0 Å². The predicted octanol–water partition coefficient (Wildman–Crippen LogP) is 0.722. The Kier molecular flexibility index (Phi) is 4.19. The Morgan fingerprint density at radius 3 is 2.44 bits per heavy atom. The zero-order valence-electron chi connectivity index (χ0n) is 9.09. The second kappa shape index (κ2) is 5.27. The summed E-state index contributed by atoms with van der Waals surface area (Å²) >= 11 is 0. The fourth-order valence-corrected chi connectivity index (χ4v) is 2.12. The van der Waals surface area contributed by atoms with Crippen LogP contribution < -0.4 is 9.88 Å². The van der Waals surface area contributed by atoms with Gasteiger partial charge in [-0.1, -0.05) is 6.07 Å². The number of esters is 1. The van der Waals surface area contributed by atoms with Gasteiger partial charge in [0.05, 0.1) is 12.7 Å². The number of ether oxygens (including phenoxy) is 2. The summed E-state index contributed by atoms with van der Waals surface area (Å²) in [5.74, 6) is -1.74. The number of rotatable bonds is 4. The summed E-state index contributed by atoms with van der Waals surface area (Å²) in [6.07, 6.45) is 0. The highest BCUT2D eigenvalue weighted by Crippen LogP contribution is 2.28. The van der Waals surface area contributed by atoms with E-state index < -0.39 is 38.8 Å². The Hall–Kier alpha value is -1.74. The van der Waals surface area contributed by atoms with Crippen LogP contribution >= 0.6 is 0 Å². The molecule has 0 fully saturated rings. The van der Waals surface area contributed by atoms with Gasteiger partial charge in [-0.15, -0.1) is 0 Å². The van der Waals surface area contributed by atoms with E-state index in [2.05, 4.69) is 9.47 Å². The summed E-state index contributed by atoms with van der Waals surface area (Å²) in [7, 11) is -3.41. The van der Waals surface area contributed by atoms with Crippen LogP contribution in [0.4, 0.5) is 8.78 Å². The third kappa shape index (κ3) is 3.14. The SMILES string of the molecule is COC(=O)c1cccc(OC(F)F)c1S(N)(=O)=O. The Labute approximate surface area is 101 Å². The lowest BCUT2D eigenvalue weighted by Gasteiger charge is -2.12. The maximum Gasteiger partial charge on any atom is 0.387 e. The van der Waals surface area contributed by atoms with Crippen LogP contribution in [0.2, 0.25) is 0 Å². The number of benzene rings is 1. The highest BCUT2D eigenvalue weighted by atomic mass is 32.2. The summed E-state index contributed by atoms with van der Waals surface area (Å²) in [5.41, 5.74) is -0.474. The van der Waals surface area contributed by atoms with Crippen molar-refractivity contribution in [3.63, 3.8) is 0 Å². The van der Waals surface area contributed by atoms with Crippen molar-refractivity contribution in [1.29, 1.82) is 0 Å². The number of hydrogen-bond donors (Lipinski definition) is 1. The first kappa shape index (κ1) is 14.3. The van der Waals surface area contributed by atoms with E-state index in [4.69, 9.17) is 5.14 Å². The quantitative estimate of drug-likeness (QED) is 0.820. The number of halogens is 2. The van der Waals surface area contributed by atoms with Gasteiger partial charge in [0.2, 0.25) is 10.0 Å². The van der Waals surface area contributed by atoms with Crippen molar-refractivity contribution < 1.29 is 31.5 Å². The molecule has 0 saturated heterocycles. The van der Waals surface area contributed by atoms with Crippen LogP contribution in [0.1, 0.15) is 10.4 Å². The lowest BCUT2D eigenvalue weighted by molar-refractivity contribution is -0.0518. The standard InChI is InChI=1S/C9H9F2NO5S/c1-16-8(13)5-3-2-4-6(17-9(10)11)7(5)18(12,14)15/h2-4,9H,1H3,(H2,12,14,15). The van der Waals surface area contributed by atoms with Crippen molar-refractivity contribution in [3.8, 4) is 5.75 Å². The molecular formula is C9H9F2NO5S. The molecule has 0 atom stereocenters. The van der Waals surface area contributed by atoms with Crippen LogP contribution in [-0.4, -0.2) is 28.1 Å². The van der Waals surface area contributed by atoms with E-state index in [9.17, 15) is 22.0 Å². The molecule has 100 valence electrons. The van der Waals surface area contributed by atoms with Crippen LogP contribution in [0, 0.1) is 0 Å². The average Bonchev–Trinajstić information content (AvgIpc) is 2.25. The molecule has 1 aromatic carbocycles. The van der Waals surface area contributed by atoms with Crippen molar-refractivity contribution in [2.75, 3.05) is 7.11 Å². The smallest absolute Gasteiger partial charge is 0.387 e. The summed E-state index contributed by atoms with van der Waals surface area (Å²) < 4.78 is 55.2. The first-order valence-electron chi connectivity index (χ1n) is 4.46. The molecule has 0 unspecified atom stereocenters. The maximum atomic E-state index is 12.1. The topological polar surface area (TPSA) is 95.7 Å². The van der Waals surface area contributed by atoms with Crippen LogP contribution in [0.25, 0.3) is 0 Å². The molecule has 0 spiro atoms. The Morgan fingerprint density at radius 2 is 2.00 bits per heavy atom. The van der Waals surface area contributed by atoms with Crippen molar-refractivity contribution in [3.05, 3.63) is 23.8 Å². The molecule has 2 N–H and O–H groups in total. The van der Waals surface area contributed by atoms with Crippen molar-refractivity contribution in [2.24, 2.45) is 5.14 Å². The lowest BCUT2D eigenvalue weighted by Crippen LogP contribution is -2.19. The molecular weight excluding hydrogens is 272 g/mol. The number of sulfonamides is 1. The second-order valence-electron chi connectivity index (χ2n) is 3.05.